The number of β-amino-alcohol motifs (C(OH)–C–C–N with tert-alkyl or cyclic N) is 1. The van der Waals surface area contributed by atoms with E-state index < -0.39 is 24.0 Å². The molecule has 2 heterocycles. The number of aliphatic hydroxyl groups is 1. The third-order valence-electron chi connectivity index (χ3n) is 3.34. The Morgan fingerprint density at radius 2 is 2.21 bits per heavy atom. The standard InChI is InChI=1S/C12H17N3O4/c1-3-7-4-9(14(2)13-7)11(17)15-6-8(16)5-10(15)12(18)19/h4,8,10,16H,3,5-6H2,1-2H3,(H,18,19)/t8-,10-/m0/s1. The Labute approximate surface area is 110 Å². The van der Waals surface area contributed by atoms with Gasteiger partial charge in [-0.05, 0) is 12.5 Å². The van der Waals surface area contributed by atoms with E-state index in [1.54, 1.807) is 13.1 Å². The van der Waals surface area contributed by atoms with Gasteiger partial charge in [0.25, 0.3) is 5.91 Å². The first-order chi connectivity index (χ1) is 8.93. The monoisotopic (exact) mass is 267 g/mol. The molecule has 1 aromatic heterocycles. The van der Waals surface area contributed by atoms with Crippen molar-refractivity contribution in [3.8, 4) is 0 Å². The number of carboxylic acids is 1. The summed E-state index contributed by atoms with van der Waals surface area (Å²) in [6.07, 6.45) is -0.0185. The lowest BCUT2D eigenvalue weighted by molar-refractivity contribution is -0.141. The molecule has 2 N–H and O–H groups in total. The molecule has 0 aliphatic carbocycles. The molecule has 1 aromatic rings. The molecule has 2 atom stereocenters. The second kappa shape index (κ2) is 5.00. The molecule has 19 heavy (non-hydrogen) atoms. The van der Waals surface area contributed by atoms with Crippen molar-refractivity contribution < 1.29 is 19.8 Å². The van der Waals surface area contributed by atoms with Crippen LogP contribution in [0.4, 0.5) is 0 Å². The second-order valence-electron chi connectivity index (χ2n) is 4.70. The van der Waals surface area contributed by atoms with E-state index in [1.165, 1.54) is 9.58 Å². The average Bonchev–Trinajstić information content (AvgIpc) is 2.91. The highest BCUT2D eigenvalue weighted by Gasteiger charge is 2.40. The quantitative estimate of drug-likeness (QED) is 0.780. The van der Waals surface area contributed by atoms with Gasteiger partial charge in [-0.2, -0.15) is 5.10 Å². The van der Waals surface area contributed by atoms with Crippen molar-refractivity contribution in [2.45, 2.75) is 31.9 Å². The molecule has 0 aromatic carbocycles. The molecule has 0 saturated carbocycles. The maximum Gasteiger partial charge on any atom is 0.326 e. The fourth-order valence-electron chi connectivity index (χ4n) is 2.32. The molecule has 104 valence electrons. The molecule has 1 fully saturated rings. The van der Waals surface area contributed by atoms with Crippen molar-refractivity contribution in [2.75, 3.05) is 6.54 Å². The maximum atomic E-state index is 12.3. The Hall–Kier alpha value is -1.89. The van der Waals surface area contributed by atoms with Gasteiger partial charge in [0.2, 0.25) is 0 Å². The molecule has 0 radical (unpaired) electrons. The average molecular weight is 267 g/mol. The van der Waals surface area contributed by atoms with Crippen molar-refractivity contribution in [3.05, 3.63) is 17.5 Å². The number of aromatic nitrogens is 2. The number of amides is 1. The van der Waals surface area contributed by atoms with Crippen LogP contribution in [0.25, 0.3) is 0 Å². The van der Waals surface area contributed by atoms with Gasteiger partial charge < -0.3 is 15.1 Å². The van der Waals surface area contributed by atoms with Crippen LogP contribution in [0.5, 0.6) is 0 Å². The normalized spacial score (nSPS) is 22.8. The minimum atomic E-state index is -1.09. The minimum Gasteiger partial charge on any atom is -0.480 e. The lowest BCUT2D eigenvalue weighted by atomic mass is 10.2. The molecule has 1 saturated heterocycles. The highest BCUT2D eigenvalue weighted by Crippen LogP contribution is 2.21. The largest absolute Gasteiger partial charge is 0.480 e. The summed E-state index contributed by atoms with van der Waals surface area (Å²) >= 11 is 0. The van der Waals surface area contributed by atoms with E-state index in [-0.39, 0.29) is 13.0 Å². The van der Waals surface area contributed by atoms with Gasteiger partial charge in [-0.25, -0.2) is 4.79 Å². The van der Waals surface area contributed by atoms with E-state index in [2.05, 4.69) is 5.10 Å². The van der Waals surface area contributed by atoms with E-state index >= 15 is 0 Å². The number of rotatable bonds is 3. The summed E-state index contributed by atoms with van der Waals surface area (Å²) in [7, 11) is 1.65. The molecule has 7 nitrogen and oxygen atoms in total. The molecular formula is C12H17N3O4. The van der Waals surface area contributed by atoms with Crippen LogP contribution in [0.2, 0.25) is 0 Å². The predicted octanol–water partition coefficient (Wildman–Crippen LogP) is -0.357. The van der Waals surface area contributed by atoms with Crippen molar-refractivity contribution in [3.63, 3.8) is 0 Å². The van der Waals surface area contributed by atoms with Crippen LogP contribution in [-0.4, -0.2) is 55.5 Å². The summed E-state index contributed by atoms with van der Waals surface area (Å²) in [6.45, 7) is 1.97. The summed E-state index contributed by atoms with van der Waals surface area (Å²) in [6, 6.07) is 0.689. The zero-order valence-corrected chi connectivity index (χ0v) is 10.9. The molecular weight excluding hydrogens is 250 g/mol. The van der Waals surface area contributed by atoms with Gasteiger partial charge in [-0.3, -0.25) is 9.48 Å². The Bertz CT molecular complexity index is 511. The molecule has 1 aliphatic heterocycles. The highest BCUT2D eigenvalue weighted by molar-refractivity contribution is 5.95. The molecule has 1 aliphatic rings. The first-order valence-electron chi connectivity index (χ1n) is 6.18. The molecule has 0 bridgehead atoms. The number of carboxylic acid groups (broad SMARTS) is 1. The number of aryl methyl sites for hydroxylation is 2. The molecule has 0 spiro atoms. The van der Waals surface area contributed by atoms with Gasteiger partial charge in [0.15, 0.2) is 0 Å². The summed E-state index contributed by atoms with van der Waals surface area (Å²) in [5.74, 6) is -1.50. The van der Waals surface area contributed by atoms with E-state index in [0.29, 0.717) is 12.1 Å². The van der Waals surface area contributed by atoms with Crippen LogP contribution in [0.15, 0.2) is 6.07 Å². The number of aliphatic hydroxyl groups excluding tert-OH is 1. The number of carbonyl (C=O) groups is 2. The number of hydrogen-bond acceptors (Lipinski definition) is 4. The van der Waals surface area contributed by atoms with E-state index in [4.69, 9.17) is 5.11 Å². The Morgan fingerprint density at radius 3 is 2.74 bits per heavy atom. The topological polar surface area (TPSA) is 95.7 Å². The van der Waals surface area contributed by atoms with Gasteiger partial charge in [0, 0.05) is 20.0 Å². The van der Waals surface area contributed by atoms with Gasteiger partial charge in [-0.15, -0.1) is 0 Å². The summed E-state index contributed by atoms with van der Waals surface area (Å²) < 4.78 is 1.45. The van der Waals surface area contributed by atoms with Crippen LogP contribution < -0.4 is 0 Å². The Balaban J connectivity index is 2.27. The Morgan fingerprint density at radius 1 is 1.53 bits per heavy atom. The summed E-state index contributed by atoms with van der Waals surface area (Å²) in [4.78, 5) is 24.7. The lowest BCUT2D eigenvalue weighted by Crippen LogP contribution is -2.41. The van der Waals surface area contributed by atoms with E-state index in [1.807, 2.05) is 6.92 Å². The second-order valence-corrected chi connectivity index (χ2v) is 4.70. The van der Waals surface area contributed by atoms with Gasteiger partial charge >= 0.3 is 5.97 Å². The van der Waals surface area contributed by atoms with Crippen LogP contribution in [0.1, 0.15) is 29.5 Å². The number of hydrogen-bond donors (Lipinski definition) is 2. The van der Waals surface area contributed by atoms with Gasteiger partial charge in [-0.1, -0.05) is 6.92 Å². The third kappa shape index (κ3) is 2.46. The Kier molecular flexibility index (Phi) is 3.57. The first kappa shape index (κ1) is 13.5. The van der Waals surface area contributed by atoms with Gasteiger partial charge in [0.1, 0.15) is 11.7 Å². The molecule has 0 unspecified atom stereocenters. The molecule has 2 rings (SSSR count). The van der Waals surface area contributed by atoms with Crippen LogP contribution >= 0.6 is 0 Å². The van der Waals surface area contributed by atoms with E-state index in [9.17, 15) is 14.7 Å². The molecule has 1 amide bonds. The SMILES string of the molecule is CCc1cc(C(=O)N2C[C@@H](O)C[C@H]2C(=O)O)n(C)n1. The highest BCUT2D eigenvalue weighted by atomic mass is 16.4. The molecule has 7 heteroatoms. The number of aliphatic carboxylic acids is 1. The van der Waals surface area contributed by atoms with Crippen LogP contribution in [0, 0.1) is 0 Å². The minimum absolute atomic E-state index is 0.0441. The van der Waals surface area contributed by atoms with Crippen molar-refractivity contribution in [1.82, 2.24) is 14.7 Å². The summed E-state index contributed by atoms with van der Waals surface area (Å²) in [5, 5.41) is 22.8. The van der Waals surface area contributed by atoms with Crippen molar-refractivity contribution >= 4 is 11.9 Å². The smallest absolute Gasteiger partial charge is 0.326 e. The number of nitrogens with zero attached hydrogens (tertiary/aromatic N) is 3. The maximum absolute atomic E-state index is 12.3. The number of likely N-dealkylation sites (tertiary alicyclic amines) is 1. The van der Waals surface area contributed by atoms with Crippen molar-refractivity contribution in [2.24, 2.45) is 7.05 Å². The first-order valence-corrected chi connectivity index (χ1v) is 6.18. The van der Waals surface area contributed by atoms with E-state index in [0.717, 1.165) is 5.69 Å². The fourth-order valence-corrected chi connectivity index (χ4v) is 2.32. The van der Waals surface area contributed by atoms with Crippen molar-refractivity contribution in [1.29, 1.82) is 0 Å². The zero-order valence-electron chi connectivity index (χ0n) is 10.9. The van der Waals surface area contributed by atoms with Crippen LogP contribution in [-0.2, 0) is 18.3 Å². The lowest BCUT2D eigenvalue weighted by Gasteiger charge is -2.20. The van der Waals surface area contributed by atoms with Gasteiger partial charge in [0.05, 0.1) is 11.8 Å². The number of carbonyl (C=O) groups excluding carboxylic acids is 1. The zero-order chi connectivity index (χ0) is 14.2. The third-order valence-corrected chi connectivity index (χ3v) is 3.34. The summed E-state index contributed by atoms with van der Waals surface area (Å²) in [5.41, 5.74) is 1.12. The fraction of sp³-hybridized carbons (Fsp3) is 0.583. The predicted molar refractivity (Wildman–Crippen MR) is 65.7 cm³/mol. The van der Waals surface area contributed by atoms with Crippen LogP contribution in [0.3, 0.4) is 0 Å².